The first-order chi connectivity index (χ1) is 8.18. The molecule has 2 heterocycles. The molecular weight excluding hydrogens is 218 g/mol. The molecule has 5 heteroatoms. The third-order valence-electron chi connectivity index (χ3n) is 3.14. The number of nitrogens with zero attached hydrogens (tertiary/aromatic N) is 1. The molecule has 0 aliphatic carbocycles. The van der Waals surface area contributed by atoms with Gasteiger partial charge in [-0.1, -0.05) is 6.42 Å². The Labute approximate surface area is 99.6 Å². The molecule has 3 N–H and O–H groups in total. The summed E-state index contributed by atoms with van der Waals surface area (Å²) in [6.07, 6.45) is 4.90. The number of amides is 1. The van der Waals surface area contributed by atoms with Crippen LogP contribution in [0.4, 0.5) is 0 Å². The quantitative estimate of drug-likeness (QED) is 0.795. The summed E-state index contributed by atoms with van der Waals surface area (Å²) in [4.78, 5) is 27.5. The maximum atomic E-state index is 11.6. The highest BCUT2D eigenvalue weighted by molar-refractivity contribution is 5.81. The van der Waals surface area contributed by atoms with Crippen molar-refractivity contribution in [3.63, 3.8) is 0 Å². The van der Waals surface area contributed by atoms with E-state index in [2.05, 4.69) is 9.88 Å². The van der Waals surface area contributed by atoms with Crippen molar-refractivity contribution in [2.75, 3.05) is 13.1 Å². The van der Waals surface area contributed by atoms with Crippen LogP contribution in [0.1, 0.15) is 30.9 Å². The van der Waals surface area contributed by atoms with Gasteiger partial charge >= 0.3 is 0 Å². The van der Waals surface area contributed by atoms with Crippen LogP contribution in [-0.4, -0.2) is 28.9 Å². The Hall–Kier alpha value is -1.62. The van der Waals surface area contributed by atoms with Gasteiger partial charge in [-0.2, -0.15) is 0 Å². The molecule has 1 fully saturated rings. The van der Waals surface area contributed by atoms with Gasteiger partial charge < -0.3 is 10.7 Å². The number of nitrogens with one attached hydrogen (secondary N) is 1. The van der Waals surface area contributed by atoms with Crippen LogP contribution in [0.2, 0.25) is 0 Å². The highest BCUT2D eigenvalue weighted by Crippen LogP contribution is 2.23. The van der Waals surface area contributed by atoms with Crippen molar-refractivity contribution in [2.45, 2.75) is 25.3 Å². The fourth-order valence-electron chi connectivity index (χ4n) is 2.36. The number of rotatable bonds is 3. The Kier molecular flexibility index (Phi) is 3.58. The standard InChI is InChI=1S/C12H17N3O2/c13-12(17)11(15-6-2-1-3-7-15)9-4-5-14-10(16)8-9/h4-5,8,11H,1-3,6-7H2,(H2,13,17)(H,14,16). The fourth-order valence-corrected chi connectivity index (χ4v) is 2.36. The summed E-state index contributed by atoms with van der Waals surface area (Å²) >= 11 is 0. The zero-order chi connectivity index (χ0) is 12.3. The lowest BCUT2D eigenvalue weighted by atomic mass is 10.0. The van der Waals surface area contributed by atoms with Gasteiger partial charge in [0, 0.05) is 12.3 Å². The summed E-state index contributed by atoms with van der Waals surface area (Å²) in [5.41, 5.74) is 5.94. The number of piperidine rings is 1. The van der Waals surface area contributed by atoms with E-state index in [0.29, 0.717) is 5.56 Å². The van der Waals surface area contributed by atoms with E-state index in [1.165, 1.54) is 12.5 Å². The molecule has 1 aliphatic heterocycles. The predicted molar refractivity (Wildman–Crippen MR) is 64.4 cm³/mol. The van der Waals surface area contributed by atoms with Gasteiger partial charge in [-0.15, -0.1) is 0 Å². The summed E-state index contributed by atoms with van der Waals surface area (Å²) in [5, 5.41) is 0. The summed E-state index contributed by atoms with van der Waals surface area (Å²) < 4.78 is 0. The number of primary amides is 1. The SMILES string of the molecule is NC(=O)C(c1cc[nH]c(=O)c1)N1CCCCC1. The molecule has 92 valence electrons. The number of hydrogen-bond acceptors (Lipinski definition) is 3. The third-order valence-corrected chi connectivity index (χ3v) is 3.14. The van der Waals surface area contributed by atoms with Crippen molar-refractivity contribution in [1.82, 2.24) is 9.88 Å². The molecule has 1 aromatic heterocycles. The van der Waals surface area contributed by atoms with Gasteiger partial charge in [-0.25, -0.2) is 0 Å². The Morgan fingerprint density at radius 3 is 2.65 bits per heavy atom. The molecule has 0 bridgehead atoms. The normalized spacial score (nSPS) is 18.8. The molecule has 5 nitrogen and oxygen atoms in total. The van der Waals surface area contributed by atoms with Crippen molar-refractivity contribution in [3.8, 4) is 0 Å². The van der Waals surface area contributed by atoms with Crippen LogP contribution in [0, 0.1) is 0 Å². The second-order valence-electron chi connectivity index (χ2n) is 4.39. The molecule has 2 rings (SSSR count). The van der Waals surface area contributed by atoms with Gasteiger partial charge in [-0.05, 0) is 37.6 Å². The first-order valence-corrected chi connectivity index (χ1v) is 5.90. The number of hydrogen-bond donors (Lipinski definition) is 2. The van der Waals surface area contributed by atoms with E-state index in [0.717, 1.165) is 25.9 Å². The highest BCUT2D eigenvalue weighted by Gasteiger charge is 2.26. The van der Waals surface area contributed by atoms with Crippen LogP contribution in [0.3, 0.4) is 0 Å². The van der Waals surface area contributed by atoms with Crippen molar-refractivity contribution in [3.05, 3.63) is 34.2 Å². The van der Waals surface area contributed by atoms with Gasteiger partial charge in [0.2, 0.25) is 11.5 Å². The lowest BCUT2D eigenvalue weighted by Gasteiger charge is -2.32. The fraction of sp³-hybridized carbons (Fsp3) is 0.500. The number of H-pyrrole nitrogens is 1. The molecule has 1 atom stereocenters. The van der Waals surface area contributed by atoms with Gasteiger partial charge in [0.25, 0.3) is 0 Å². The monoisotopic (exact) mass is 235 g/mol. The number of carbonyl (C=O) groups excluding carboxylic acids is 1. The van der Waals surface area contributed by atoms with E-state index < -0.39 is 11.9 Å². The van der Waals surface area contributed by atoms with E-state index in [1.807, 2.05) is 0 Å². The van der Waals surface area contributed by atoms with E-state index in [1.54, 1.807) is 12.3 Å². The lowest BCUT2D eigenvalue weighted by molar-refractivity contribution is -0.123. The number of aromatic nitrogens is 1. The minimum absolute atomic E-state index is 0.203. The van der Waals surface area contributed by atoms with Gasteiger partial charge in [-0.3, -0.25) is 14.5 Å². The molecule has 1 amide bonds. The Bertz CT molecular complexity index is 449. The third kappa shape index (κ3) is 2.74. The van der Waals surface area contributed by atoms with Crippen LogP contribution in [0.15, 0.2) is 23.1 Å². The number of aromatic amines is 1. The van der Waals surface area contributed by atoms with Crippen LogP contribution in [-0.2, 0) is 4.79 Å². The maximum Gasteiger partial charge on any atom is 0.248 e. The van der Waals surface area contributed by atoms with E-state index in [9.17, 15) is 9.59 Å². The predicted octanol–water partition coefficient (Wildman–Crippen LogP) is 0.387. The molecule has 1 unspecified atom stereocenters. The number of carbonyl (C=O) groups is 1. The van der Waals surface area contributed by atoms with Crippen LogP contribution in [0.5, 0.6) is 0 Å². The number of nitrogens with two attached hydrogens (primary N) is 1. The Balaban J connectivity index is 2.28. The molecule has 0 aromatic carbocycles. The summed E-state index contributed by atoms with van der Waals surface area (Å²) in [6.45, 7) is 1.72. The average molecular weight is 235 g/mol. The van der Waals surface area contributed by atoms with Crippen LogP contribution < -0.4 is 11.3 Å². The van der Waals surface area contributed by atoms with Gasteiger partial charge in [0.15, 0.2) is 0 Å². The first-order valence-electron chi connectivity index (χ1n) is 5.90. The van der Waals surface area contributed by atoms with Crippen molar-refractivity contribution >= 4 is 5.91 Å². The molecule has 1 saturated heterocycles. The second-order valence-corrected chi connectivity index (χ2v) is 4.39. The molecular formula is C12H17N3O2. The molecule has 1 aliphatic rings. The molecule has 1 aromatic rings. The molecule has 0 radical (unpaired) electrons. The Morgan fingerprint density at radius 2 is 2.06 bits per heavy atom. The molecule has 0 saturated carbocycles. The first kappa shape index (κ1) is 11.9. The van der Waals surface area contributed by atoms with Crippen LogP contribution >= 0.6 is 0 Å². The molecule has 17 heavy (non-hydrogen) atoms. The highest BCUT2D eigenvalue weighted by atomic mass is 16.1. The number of likely N-dealkylation sites (tertiary alicyclic amines) is 1. The number of pyridine rings is 1. The smallest absolute Gasteiger partial charge is 0.248 e. The maximum absolute atomic E-state index is 11.6. The van der Waals surface area contributed by atoms with E-state index >= 15 is 0 Å². The van der Waals surface area contributed by atoms with Crippen LogP contribution in [0.25, 0.3) is 0 Å². The minimum Gasteiger partial charge on any atom is -0.368 e. The molecule has 0 spiro atoms. The second kappa shape index (κ2) is 5.14. The zero-order valence-electron chi connectivity index (χ0n) is 9.69. The van der Waals surface area contributed by atoms with Crippen molar-refractivity contribution in [1.29, 1.82) is 0 Å². The van der Waals surface area contributed by atoms with E-state index in [-0.39, 0.29) is 5.56 Å². The van der Waals surface area contributed by atoms with Crippen molar-refractivity contribution in [2.24, 2.45) is 5.73 Å². The Morgan fingerprint density at radius 1 is 1.35 bits per heavy atom. The largest absolute Gasteiger partial charge is 0.368 e. The topological polar surface area (TPSA) is 79.2 Å². The minimum atomic E-state index is -0.474. The summed E-state index contributed by atoms with van der Waals surface area (Å²) in [5.74, 6) is -0.391. The van der Waals surface area contributed by atoms with E-state index in [4.69, 9.17) is 5.73 Å². The zero-order valence-corrected chi connectivity index (χ0v) is 9.69. The average Bonchev–Trinajstić information content (AvgIpc) is 2.30. The lowest BCUT2D eigenvalue weighted by Crippen LogP contribution is -2.41. The summed E-state index contributed by atoms with van der Waals surface area (Å²) in [7, 11) is 0. The summed E-state index contributed by atoms with van der Waals surface area (Å²) in [6, 6.07) is 2.72. The van der Waals surface area contributed by atoms with Crippen molar-refractivity contribution < 1.29 is 4.79 Å². The van der Waals surface area contributed by atoms with Gasteiger partial charge in [0.05, 0.1) is 0 Å². The van der Waals surface area contributed by atoms with Gasteiger partial charge in [0.1, 0.15) is 6.04 Å².